The molecule has 2 amide bonds. The maximum absolute atomic E-state index is 12.5. The number of aryl methyl sites for hydroxylation is 1. The SMILES string of the molecule is C=CCn1c(CNC(=O)c2ccc(Cl)cc2)nnc1SCC(=O)Nc1cc(C)ccc1OC. The van der Waals surface area contributed by atoms with Gasteiger partial charge in [-0.15, -0.1) is 16.8 Å². The number of benzene rings is 2. The molecule has 0 atom stereocenters. The molecular formula is C23H24ClN5O3S. The van der Waals surface area contributed by atoms with Gasteiger partial charge in [-0.3, -0.25) is 9.59 Å². The minimum Gasteiger partial charge on any atom is -0.495 e. The van der Waals surface area contributed by atoms with Gasteiger partial charge in [0.2, 0.25) is 5.91 Å². The Hall–Kier alpha value is -3.30. The van der Waals surface area contributed by atoms with E-state index < -0.39 is 0 Å². The van der Waals surface area contributed by atoms with E-state index in [1.807, 2.05) is 25.1 Å². The fourth-order valence-corrected chi connectivity index (χ4v) is 3.86. The Labute approximate surface area is 201 Å². The molecule has 33 heavy (non-hydrogen) atoms. The van der Waals surface area contributed by atoms with Gasteiger partial charge in [-0.1, -0.05) is 35.5 Å². The van der Waals surface area contributed by atoms with Gasteiger partial charge in [0.15, 0.2) is 11.0 Å². The molecule has 0 saturated heterocycles. The van der Waals surface area contributed by atoms with Crippen molar-refractivity contribution >= 4 is 40.9 Å². The number of amides is 2. The fourth-order valence-electron chi connectivity index (χ4n) is 2.97. The molecule has 0 fully saturated rings. The highest BCUT2D eigenvalue weighted by Crippen LogP contribution is 2.26. The monoisotopic (exact) mass is 485 g/mol. The van der Waals surface area contributed by atoms with Crippen LogP contribution in [0.5, 0.6) is 5.75 Å². The molecule has 2 N–H and O–H groups in total. The Bertz CT molecular complexity index is 1150. The third-order valence-corrected chi connectivity index (χ3v) is 5.80. The Kier molecular flexibility index (Phi) is 8.51. The van der Waals surface area contributed by atoms with E-state index in [0.717, 1.165) is 5.56 Å². The molecule has 3 aromatic rings. The number of ether oxygens (including phenoxy) is 1. The molecule has 0 spiro atoms. The van der Waals surface area contributed by atoms with Crippen LogP contribution < -0.4 is 15.4 Å². The zero-order chi connectivity index (χ0) is 23.8. The van der Waals surface area contributed by atoms with Gasteiger partial charge >= 0.3 is 0 Å². The van der Waals surface area contributed by atoms with Crippen LogP contribution in [0.4, 0.5) is 5.69 Å². The molecule has 0 radical (unpaired) electrons. The summed E-state index contributed by atoms with van der Waals surface area (Å²) in [6, 6.07) is 12.2. The van der Waals surface area contributed by atoms with Gasteiger partial charge in [-0.25, -0.2) is 0 Å². The number of hydrogen-bond donors (Lipinski definition) is 2. The van der Waals surface area contributed by atoms with Crippen LogP contribution in [-0.2, 0) is 17.9 Å². The van der Waals surface area contributed by atoms with E-state index in [-0.39, 0.29) is 24.1 Å². The van der Waals surface area contributed by atoms with E-state index in [1.54, 1.807) is 42.0 Å². The van der Waals surface area contributed by atoms with Crippen LogP contribution in [0.1, 0.15) is 21.7 Å². The van der Waals surface area contributed by atoms with Crippen molar-refractivity contribution in [1.82, 2.24) is 20.1 Å². The first-order chi connectivity index (χ1) is 15.9. The summed E-state index contributed by atoms with van der Waals surface area (Å²) in [6.07, 6.45) is 1.70. The Morgan fingerprint density at radius 1 is 1.21 bits per heavy atom. The first-order valence-corrected chi connectivity index (χ1v) is 11.4. The fraction of sp³-hybridized carbons (Fsp3) is 0.217. The number of rotatable bonds is 10. The van der Waals surface area contributed by atoms with Crippen LogP contribution in [-0.4, -0.2) is 39.4 Å². The molecule has 3 rings (SSSR count). The lowest BCUT2D eigenvalue weighted by atomic mass is 10.2. The van der Waals surface area contributed by atoms with E-state index in [9.17, 15) is 9.59 Å². The van der Waals surface area contributed by atoms with E-state index in [4.69, 9.17) is 16.3 Å². The molecule has 1 heterocycles. The number of carbonyl (C=O) groups excluding carboxylic acids is 2. The van der Waals surface area contributed by atoms with Crippen LogP contribution in [0.2, 0.25) is 5.02 Å². The molecule has 10 heteroatoms. The van der Waals surface area contributed by atoms with Crippen molar-refractivity contribution < 1.29 is 14.3 Å². The van der Waals surface area contributed by atoms with Crippen molar-refractivity contribution in [2.24, 2.45) is 0 Å². The van der Waals surface area contributed by atoms with Gasteiger partial charge in [-0.2, -0.15) is 0 Å². The molecule has 0 aliphatic carbocycles. The Balaban J connectivity index is 1.62. The molecular weight excluding hydrogens is 462 g/mol. The highest BCUT2D eigenvalue weighted by molar-refractivity contribution is 7.99. The number of methoxy groups -OCH3 is 1. The lowest BCUT2D eigenvalue weighted by Crippen LogP contribution is -2.24. The van der Waals surface area contributed by atoms with Crippen molar-refractivity contribution in [2.45, 2.75) is 25.2 Å². The zero-order valence-corrected chi connectivity index (χ0v) is 19.9. The second-order valence-electron chi connectivity index (χ2n) is 7.03. The third kappa shape index (κ3) is 6.59. The number of nitrogens with zero attached hydrogens (tertiary/aromatic N) is 3. The number of aromatic nitrogens is 3. The highest BCUT2D eigenvalue weighted by Gasteiger charge is 2.16. The predicted octanol–water partition coefficient (Wildman–Crippen LogP) is 4.10. The van der Waals surface area contributed by atoms with E-state index in [1.165, 1.54) is 11.8 Å². The molecule has 0 bridgehead atoms. The molecule has 8 nitrogen and oxygen atoms in total. The first kappa shape index (κ1) is 24.3. The number of nitrogens with one attached hydrogen (secondary N) is 2. The quantitative estimate of drug-likeness (QED) is 0.331. The molecule has 2 aromatic carbocycles. The average molecular weight is 486 g/mol. The lowest BCUT2D eigenvalue weighted by molar-refractivity contribution is -0.113. The number of halogens is 1. The first-order valence-electron chi connectivity index (χ1n) is 10.0. The number of thioether (sulfide) groups is 1. The summed E-state index contributed by atoms with van der Waals surface area (Å²) < 4.78 is 7.11. The van der Waals surface area contributed by atoms with Crippen LogP contribution in [0.3, 0.4) is 0 Å². The minimum atomic E-state index is -0.250. The van der Waals surface area contributed by atoms with Crippen molar-refractivity contribution in [3.63, 3.8) is 0 Å². The van der Waals surface area contributed by atoms with Crippen molar-refractivity contribution in [3.05, 3.63) is 77.1 Å². The van der Waals surface area contributed by atoms with Gasteiger partial charge < -0.3 is 19.9 Å². The van der Waals surface area contributed by atoms with Crippen LogP contribution in [0.25, 0.3) is 0 Å². The number of allylic oxidation sites excluding steroid dienone is 1. The Morgan fingerprint density at radius 3 is 2.67 bits per heavy atom. The maximum atomic E-state index is 12.5. The van der Waals surface area contributed by atoms with E-state index in [0.29, 0.717) is 39.5 Å². The number of hydrogen-bond acceptors (Lipinski definition) is 6. The van der Waals surface area contributed by atoms with Crippen molar-refractivity contribution in [3.8, 4) is 5.75 Å². The number of anilines is 1. The highest BCUT2D eigenvalue weighted by atomic mass is 35.5. The summed E-state index contributed by atoms with van der Waals surface area (Å²) in [7, 11) is 1.56. The second-order valence-corrected chi connectivity index (χ2v) is 8.41. The van der Waals surface area contributed by atoms with Gasteiger partial charge in [0.1, 0.15) is 5.75 Å². The standard InChI is InChI=1S/C23H24ClN5O3S/c1-4-11-29-20(13-25-22(31)16-6-8-17(24)9-7-16)27-28-23(29)33-14-21(30)26-18-12-15(2)5-10-19(18)32-3/h4-10,12H,1,11,13-14H2,2-3H3,(H,25,31)(H,26,30). The molecule has 0 saturated carbocycles. The zero-order valence-electron chi connectivity index (χ0n) is 18.3. The van der Waals surface area contributed by atoms with E-state index in [2.05, 4.69) is 27.4 Å². The average Bonchev–Trinajstić information content (AvgIpc) is 3.18. The lowest BCUT2D eigenvalue weighted by Gasteiger charge is -2.11. The molecule has 0 unspecified atom stereocenters. The summed E-state index contributed by atoms with van der Waals surface area (Å²) in [4.78, 5) is 24.9. The third-order valence-electron chi connectivity index (χ3n) is 4.58. The summed E-state index contributed by atoms with van der Waals surface area (Å²) in [6.45, 7) is 6.32. The van der Waals surface area contributed by atoms with Crippen LogP contribution in [0, 0.1) is 6.92 Å². The predicted molar refractivity (Wildman–Crippen MR) is 130 cm³/mol. The van der Waals surface area contributed by atoms with Crippen molar-refractivity contribution in [2.75, 3.05) is 18.2 Å². The molecule has 0 aliphatic heterocycles. The van der Waals surface area contributed by atoms with Crippen molar-refractivity contribution in [1.29, 1.82) is 0 Å². The molecule has 0 aliphatic rings. The summed E-state index contributed by atoms with van der Waals surface area (Å²) in [5.41, 5.74) is 2.11. The summed E-state index contributed by atoms with van der Waals surface area (Å²) in [5.74, 6) is 0.826. The molecule has 1 aromatic heterocycles. The van der Waals surface area contributed by atoms with Gasteiger partial charge in [0.05, 0.1) is 25.1 Å². The van der Waals surface area contributed by atoms with Crippen LogP contribution >= 0.6 is 23.4 Å². The van der Waals surface area contributed by atoms with Gasteiger partial charge in [0.25, 0.3) is 5.91 Å². The smallest absolute Gasteiger partial charge is 0.251 e. The topological polar surface area (TPSA) is 98.1 Å². The van der Waals surface area contributed by atoms with Gasteiger partial charge in [-0.05, 0) is 48.9 Å². The Morgan fingerprint density at radius 2 is 1.97 bits per heavy atom. The summed E-state index contributed by atoms with van der Waals surface area (Å²) in [5, 5.41) is 15.1. The van der Waals surface area contributed by atoms with Gasteiger partial charge in [0, 0.05) is 17.1 Å². The second kappa shape index (κ2) is 11.5. The summed E-state index contributed by atoms with van der Waals surface area (Å²) >= 11 is 7.11. The minimum absolute atomic E-state index is 0.128. The molecule has 172 valence electrons. The maximum Gasteiger partial charge on any atom is 0.251 e. The number of carbonyl (C=O) groups is 2. The normalized spacial score (nSPS) is 10.5. The van der Waals surface area contributed by atoms with E-state index >= 15 is 0 Å². The van der Waals surface area contributed by atoms with Crippen LogP contribution in [0.15, 0.2) is 60.3 Å². The largest absolute Gasteiger partial charge is 0.495 e.